The Morgan fingerprint density at radius 2 is 2.15 bits per heavy atom. The maximum atomic E-state index is 11.6. The number of amides is 1. The number of hydrogen-bond acceptors (Lipinski definition) is 3. The van der Waals surface area contributed by atoms with E-state index in [1.807, 2.05) is 18.7 Å². The van der Waals surface area contributed by atoms with Crippen LogP contribution in [0.4, 0.5) is 0 Å². The topological polar surface area (TPSA) is 43.8 Å². The lowest BCUT2D eigenvalue weighted by molar-refractivity contribution is -0.143. The Kier molecular flexibility index (Phi) is 3.27. The Balaban J connectivity index is 2.72. The predicted molar refractivity (Wildman–Crippen MR) is 50.4 cm³/mol. The molecule has 0 aromatic heterocycles. The molecule has 0 aliphatic carbocycles. The highest BCUT2D eigenvalue weighted by molar-refractivity contribution is 5.82. The number of aliphatic hydroxyl groups is 1. The number of aliphatic hydroxyl groups excluding tert-OH is 1. The fraction of sp³-hybridized carbons (Fsp3) is 0.889. The van der Waals surface area contributed by atoms with Gasteiger partial charge in [0.15, 0.2) is 0 Å². The summed E-state index contributed by atoms with van der Waals surface area (Å²) in [4.78, 5) is 15.3. The number of carbonyl (C=O) groups is 1. The van der Waals surface area contributed by atoms with Crippen LogP contribution in [0.5, 0.6) is 0 Å². The predicted octanol–water partition coefficient (Wildman–Crippen LogP) is -0.470. The number of likely N-dealkylation sites (N-methyl/N-ethyl adjacent to an activating group) is 1. The van der Waals surface area contributed by atoms with Crippen LogP contribution in [-0.4, -0.2) is 59.6 Å². The summed E-state index contributed by atoms with van der Waals surface area (Å²) in [5.41, 5.74) is 0. The van der Waals surface area contributed by atoms with E-state index in [2.05, 4.69) is 0 Å². The molecule has 4 nitrogen and oxygen atoms in total. The highest BCUT2D eigenvalue weighted by Crippen LogP contribution is 2.12. The SMILES string of the molecule is CC(C)N1CCN(C)C(=O)C1CO. The smallest absolute Gasteiger partial charge is 0.242 e. The van der Waals surface area contributed by atoms with Crippen molar-refractivity contribution in [3.05, 3.63) is 0 Å². The number of nitrogens with zero attached hydrogens (tertiary/aromatic N) is 2. The van der Waals surface area contributed by atoms with Crippen molar-refractivity contribution in [2.45, 2.75) is 25.9 Å². The molecular formula is C9H18N2O2. The van der Waals surface area contributed by atoms with E-state index in [0.29, 0.717) is 6.04 Å². The first-order valence-electron chi connectivity index (χ1n) is 4.69. The Morgan fingerprint density at radius 1 is 1.54 bits per heavy atom. The van der Waals surface area contributed by atoms with Gasteiger partial charge in [-0.15, -0.1) is 0 Å². The van der Waals surface area contributed by atoms with Gasteiger partial charge in [-0.1, -0.05) is 0 Å². The van der Waals surface area contributed by atoms with Gasteiger partial charge in [-0.05, 0) is 13.8 Å². The molecule has 1 aliphatic rings. The van der Waals surface area contributed by atoms with E-state index in [1.54, 1.807) is 11.9 Å². The molecule has 1 heterocycles. The highest BCUT2D eigenvalue weighted by Gasteiger charge is 2.33. The Labute approximate surface area is 79.1 Å². The average molecular weight is 186 g/mol. The second-order valence-electron chi connectivity index (χ2n) is 3.79. The Hall–Kier alpha value is -0.610. The molecule has 1 amide bonds. The van der Waals surface area contributed by atoms with Crippen LogP contribution in [0.1, 0.15) is 13.8 Å². The first-order valence-corrected chi connectivity index (χ1v) is 4.69. The maximum absolute atomic E-state index is 11.6. The summed E-state index contributed by atoms with van der Waals surface area (Å²) in [5.74, 6) is 0.0300. The van der Waals surface area contributed by atoms with Crippen molar-refractivity contribution in [1.29, 1.82) is 0 Å². The third-order valence-corrected chi connectivity index (χ3v) is 2.59. The molecule has 1 N–H and O–H groups in total. The molecule has 1 unspecified atom stereocenters. The highest BCUT2D eigenvalue weighted by atomic mass is 16.3. The van der Waals surface area contributed by atoms with Crippen LogP contribution >= 0.6 is 0 Å². The van der Waals surface area contributed by atoms with Gasteiger partial charge in [0.05, 0.1) is 6.61 Å². The number of hydrogen-bond donors (Lipinski definition) is 1. The van der Waals surface area contributed by atoms with Crippen LogP contribution in [0.25, 0.3) is 0 Å². The molecule has 0 aromatic rings. The van der Waals surface area contributed by atoms with Gasteiger partial charge in [0.1, 0.15) is 6.04 Å². The summed E-state index contributed by atoms with van der Waals surface area (Å²) in [7, 11) is 1.78. The number of carbonyl (C=O) groups excluding carboxylic acids is 1. The van der Waals surface area contributed by atoms with Crippen LogP contribution < -0.4 is 0 Å². The van der Waals surface area contributed by atoms with E-state index in [4.69, 9.17) is 5.11 Å². The molecule has 1 fully saturated rings. The zero-order chi connectivity index (χ0) is 10.0. The third-order valence-electron chi connectivity index (χ3n) is 2.59. The van der Waals surface area contributed by atoms with Crippen molar-refractivity contribution < 1.29 is 9.90 Å². The van der Waals surface area contributed by atoms with Crippen LogP contribution in [-0.2, 0) is 4.79 Å². The van der Waals surface area contributed by atoms with Gasteiger partial charge in [0.25, 0.3) is 0 Å². The van der Waals surface area contributed by atoms with Gasteiger partial charge in [-0.2, -0.15) is 0 Å². The van der Waals surface area contributed by atoms with Crippen molar-refractivity contribution in [3.63, 3.8) is 0 Å². The van der Waals surface area contributed by atoms with E-state index in [-0.39, 0.29) is 18.6 Å². The lowest BCUT2D eigenvalue weighted by Crippen LogP contribution is -2.59. The minimum absolute atomic E-state index is 0.0300. The molecular weight excluding hydrogens is 168 g/mol. The summed E-state index contributed by atoms with van der Waals surface area (Å²) in [6.07, 6.45) is 0. The molecule has 1 rings (SSSR count). The van der Waals surface area contributed by atoms with Crippen LogP contribution in [0.3, 0.4) is 0 Å². The van der Waals surface area contributed by atoms with Crippen LogP contribution in [0.2, 0.25) is 0 Å². The van der Waals surface area contributed by atoms with Crippen molar-refractivity contribution in [2.24, 2.45) is 0 Å². The van der Waals surface area contributed by atoms with Gasteiger partial charge in [0.2, 0.25) is 5.91 Å². The van der Waals surface area contributed by atoms with Gasteiger partial charge < -0.3 is 10.0 Å². The van der Waals surface area contributed by atoms with Crippen molar-refractivity contribution in [3.8, 4) is 0 Å². The zero-order valence-electron chi connectivity index (χ0n) is 8.53. The fourth-order valence-corrected chi connectivity index (χ4v) is 1.73. The first kappa shape index (κ1) is 10.5. The molecule has 0 bridgehead atoms. The minimum Gasteiger partial charge on any atom is -0.394 e. The zero-order valence-corrected chi connectivity index (χ0v) is 8.53. The summed E-state index contributed by atoms with van der Waals surface area (Å²) >= 11 is 0. The lowest BCUT2D eigenvalue weighted by Gasteiger charge is -2.40. The minimum atomic E-state index is -0.334. The van der Waals surface area contributed by atoms with Gasteiger partial charge >= 0.3 is 0 Å². The van der Waals surface area contributed by atoms with E-state index in [9.17, 15) is 4.79 Å². The largest absolute Gasteiger partial charge is 0.394 e. The molecule has 0 spiro atoms. The molecule has 0 saturated carbocycles. The summed E-state index contributed by atoms with van der Waals surface area (Å²) in [6.45, 7) is 5.61. The second kappa shape index (κ2) is 4.07. The fourth-order valence-electron chi connectivity index (χ4n) is 1.73. The van der Waals surface area contributed by atoms with E-state index in [0.717, 1.165) is 13.1 Å². The van der Waals surface area contributed by atoms with E-state index >= 15 is 0 Å². The normalized spacial score (nSPS) is 25.8. The summed E-state index contributed by atoms with van der Waals surface area (Å²) in [6, 6.07) is -0.0199. The summed E-state index contributed by atoms with van der Waals surface area (Å²) < 4.78 is 0. The van der Waals surface area contributed by atoms with Gasteiger partial charge in [-0.25, -0.2) is 0 Å². The average Bonchev–Trinajstić information content (AvgIpc) is 2.09. The van der Waals surface area contributed by atoms with Crippen molar-refractivity contribution in [2.75, 3.05) is 26.7 Å². The second-order valence-corrected chi connectivity index (χ2v) is 3.79. The molecule has 76 valence electrons. The molecule has 0 aromatic carbocycles. The van der Waals surface area contributed by atoms with E-state index < -0.39 is 0 Å². The van der Waals surface area contributed by atoms with Gasteiger partial charge in [-0.3, -0.25) is 9.69 Å². The first-order chi connectivity index (χ1) is 6.07. The van der Waals surface area contributed by atoms with Crippen LogP contribution in [0, 0.1) is 0 Å². The van der Waals surface area contributed by atoms with Crippen LogP contribution in [0.15, 0.2) is 0 Å². The van der Waals surface area contributed by atoms with Crippen molar-refractivity contribution in [1.82, 2.24) is 9.80 Å². The molecule has 0 radical (unpaired) electrons. The monoisotopic (exact) mass is 186 g/mol. The standard InChI is InChI=1S/C9H18N2O2/c1-7(2)11-5-4-10(3)9(13)8(11)6-12/h7-8,12H,4-6H2,1-3H3. The molecule has 1 atom stereocenters. The molecule has 1 saturated heterocycles. The Morgan fingerprint density at radius 3 is 2.62 bits per heavy atom. The quantitative estimate of drug-likeness (QED) is 0.634. The number of rotatable bonds is 2. The summed E-state index contributed by atoms with van der Waals surface area (Å²) in [5, 5.41) is 9.11. The van der Waals surface area contributed by atoms with Crippen molar-refractivity contribution >= 4 is 5.91 Å². The molecule has 13 heavy (non-hydrogen) atoms. The molecule has 4 heteroatoms. The number of piperazine rings is 1. The third kappa shape index (κ3) is 2.00. The van der Waals surface area contributed by atoms with E-state index in [1.165, 1.54) is 0 Å². The molecule has 1 aliphatic heterocycles. The van der Waals surface area contributed by atoms with Gasteiger partial charge in [0, 0.05) is 26.2 Å². The Bertz CT molecular complexity index is 194. The lowest BCUT2D eigenvalue weighted by atomic mass is 10.1. The maximum Gasteiger partial charge on any atom is 0.242 e.